The van der Waals surface area contributed by atoms with Crippen molar-refractivity contribution in [3.63, 3.8) is 0 Å². The molecule has 1 rings (SSSR count). The standard InChI is InChI=1S/C4H4INOS/c5-3-1-6-8-4(3)2-7/h1,7H,2H2. The van der Waals surface area contributed by atoms with E-state index in [2.05, 4.69) is 27.0 Å². The molecule has 0 atom stereocenters. The zero-order valence-corrected chi connectivity index (χ0v) is 6.94. The van der Waals surface area contributed by atoms with Crippen LogP contribution in [0.1, 0.15) is 4.88 Å². The molecule has 0 aliphatic carbocycles. The Hall–Kier alpha value is 0.320. The molecule has 44 valence electrons. The summed E-state index contributed by atoms with van der Waals surface area (Å²) in [5.41, 5.74) is 0. The molecule has 8 heavy (non-hydrogen) atoms. The first-order valence-corrected chi connectivity index (χ1v) is 3.89. The van der Waals surface area contributed by atoms with Crippen LogP contribution < -0.4 is 0 Å². The highest BCUT2D eigenvalue weighted by molar-refractivity contribution is 14.1. The second-order valence-electron chi connectivity index (χ2n) is 1.26. The van der Waals surface area contributed by atoms with Crippen molar-refractivity contribution in [2.24, 2.45) is 0 Å². The van der Waals surface area contributed by atoms with Crippen LogP contribution in [0.4, 0.5) is 0 Å². The summed E-state index contributed by atoms with van der Waals surface area (Å²) in [4.78, 5) is 0.950. The van der Waals surface area contributed by atoms with E-state index in [0.717, 1.165) is 8.45 Å². The molecule has 2 nitrogen and oxygen atoms in total. The van der Waals surface area contributed by atoms with Crippen LogP contribution in [-0.4, -0.2) is 9.48 Å². The normalized spacial score (nSPS) is 9.75. The van der Waals surface area contributed by atoms with E-state index >= 15 is 0 Å². The van der Waals surface area contributed by atoms with Gasteiger partial charge in [0.1, 0.15) is 0 Å². The lowest BCUT2D eigenvalue weighted by Crippen LogP contribution is -1.76. The highest BCUT2D eigenvalue weighted by Crippen LogP contribution is 2.14. The number of hydrogen-bond acceptors (Lipinski definition) is 3. The zero-order valence-electron chi connectivity index (χ0n) is 3.97. The molecule has 4 heteroatoms. The van der Waals surface area contributed by atoms with E-state index in [1.807, 2.05) is 0 Å². The molecule has 1 aromatic rings. The number of halogens is 1. The third kappa shape index (κ3) is 1.18. The second kappa shape index (κ2) is 2.75. The van der Waals surface area contributed by atoms with Crippen molar-refractivity contribution in [1.82, 2.24) is 4.37 Å². The molecule has 1 N–H and O–H groups in total. The molecule has 0 unspecified atom stereocenters. The SMILES string of the molecule is OCc1sncc1I. The van der Waals surface area contributed by atoms with Crippen LogP contribution in [0.15, 0.2) is 6.20 Å². The van der Waals surface area contributed by atoms with E-state index in [0.29, 0.717) is 0 Å². The average Bonchev–Trinajstić information content (AvgIpc) is 2.14. The smallest absolute Gasteiger partial charge is 0.0801 e. The van der Waals surface area contributed by atoms with Crippen LogP contribution in [0.5, 0.6) is 0 Å². The summed E-state index contributed by atoms with van der Waals surface area (Å²) in [7, 11) is 0. The summed E-state index contributed by atoms with van der Waals surface area (Å²) < 4.78 is 4.92. The lowest BCUT2D eigenvalue weighted by Gasteiger charge is -1.83. The minimum absolute atomic E-state index is 0.114. The third-order valence-electron chi connectivity index (χ3n) is 0.739. The highest BCUT2D eigenvalue weighted by atomic mass is 127. The largest absolute Gasteiger partial charge is 0.391 e. The molecule has 0 fully saturated rings. The van der Waals surface area contributed by atoms with E-state index < -0.39 is 0 Å². The number of hydrogen-bond donors (Lipinski definition) is 1. The van der Waals surface area contributed by atoms with Gasteiger partial charge in [0.05, 0.1) is 17.7 Å². The van der Waals surface area contributed by atoms with Gasteiger partial charge in [-0.25, -0.2) is 0 Å². The Morgan fingerprint density at radius 1 is 1.88 bits per heavy atom. The van der Waals surface area contributed by atoms with Gasteiger partial charge in [-0.2, -0.15) is 4.37 Å². The molecule has 0 amide bonds. The maximum atomic E-state index is 8.57. The number of aromatic nitrogens is 1. The van der Waals surface area contributed by atoms with Gasteiger partial charge in [0.15, 0.2) is 0 Å². The fourth-order valence-corrected chi connectivity index (χ4v) is 1.63. The molecule has 0 saturated carbocycles. The Morgan fingerprint density at radius 3 is 2.88 bits per heavy atom. The fourth-order valence-electron chi connectivity index (χ4n) is 0.356. The van der Waals surface area contributed by atoms with Crippen molar-refractivity contribution >= 4 is 34.1 Å². The van der Waals surface area contributed by atoms with Crippen molar-refractivity contribution < 1.29 is 5.11 Å². The average molecular weight is 241 g/mol. The number of rotatable bonds is 1. The van der Waals surface area contributed by atoms with Crippen LogP contribution in [-0.2, 0) is 6.61 Å². The first-order valence-electron chi connectivity index (χ1n) is 2.04. The Morgan fingerprint density at radius 2 is 2.62 bits per heavy atom. The van der Waals surface area contributed by atoms with Crippen LogP contribution in [0.3, 0.4) is 0 Å². The Labute approximate surface area is 64.9 Å². The Bertz CT molecular complexity index is 176. The maximum absolute atomic E-state index is 8.57. The second-order valence-corrected chi connectivity index (χ2v) is 3.30. The zero-order chi connectivity index (χ0) is 5.98. The number of aliphatic hydroxyl groups excluding tert-OH is 1. The predicted octanol–water partition coefficient (Wildman–Crippen LogP) is 1.24. The molecule has 1 heterocycles. The maximum Gasteiger partial charge on any atom is 0.0801 e. The Balaban J connectivity index is 2.92. The van der Waals surface area contributed by atoms with Gasteiger partial charge in [0.25, 0.3) is 0 Å². The molecule has 0 radical (unpaired) electrons. The van der Waals surface area contributed by atoms with Crippen LogP contribution >= 0.6 is 34.1 Å². The molecule has 0 aliphatic heterocycles. The van der Waals surface area contributed by atoms with Crippen molar-refractivity contribution in [2.45, 2.75) is 6.61 Å². The molecule has 0 aliphatic rings. The molecular weight excluding hydrogens is 237 g/mol. The van der Waals surface area contributed by atoms with E-state index in [1.54, 1.807) is 6.20 Å². The fraction of sp³-hybridized carbons (Fsp3) is 0.250. The van der Waals surface area contributed by atoms with Crippen LogP contribution in [0, 0.1) is 3.57 Å². The third-order valence-corrected chi connectivity index (χ3v) is 2.81. The molecule has 0 aromatic carbocycles. The molecule has 0 spiro atoms. The van der Waals surface area contributed by atoms with Gasteiger partial charge in [0.2, 0.25) is 0 Å². The number of nitrogens with zero attached hydrogens (tertiary/aromatic N) is 1. The summed E-state index contributed by atoms with van der Waals surface area (Å²) >= 11 is 3.49. The molecule has 0 bridgehead atoms. The van der Waals surface area contributed by atoms with Gasteiger partial charge < -0.3 is 5.11 Å². The lowest BCUT2D eigenvalue weighted by molar-refractivity contribution is 0.285. The summed E-state index contributed by atoms with van der Waals surface area (Å²) in [5, 5.41) is 8.57. The molecule has 0 saturated heterocycles. The first-order chi connectivity index (χ1) is 3.84. The van der Waals surface area contributed by atoms with E-state index in [-0.39, 0.29) is 6.61 Å². The quantitative estimate of drug-likeness (QED) is 0.750. The van der Waals surface area contributed by atoms with E-state index in [4.69, 9.17) is 5.11 Å². The summed E-state index contributed by atoms with van der Waals surface area (Å²) in [6, 6.07) is 0. The lowest BCUT2D eigenvalue weighted by atomic mass is 10.5. The minimum Gasteiger partial charge on any atom is -0.391 e. The van der Waals surface area contributed by atoms with Crippen LogP contribution in [0.25, 0.3) is 0 Å². The predicted molar refractivity (Wildman–Crippen MR) is 40.8 cm³/mol. The van der Waals surface area contributed by atoms with E-state index in [9.17, 15) is 0 Å². The highest BCUT2D eigenvalue weighted by Gasteiger charge is 1.97. The number of aliphatic hydroxyl groups is 1. The Kier molecular flexibility index (Phi) is 2.21. The van der Waals surface area contributed by atoms with Gasteiger partial charge in [0, 0.05) is 3.57 Å². The van der Waals surface area contributed by atoms with Crippen molar-refractivity contribution in [3.8, 4) is 0 Å². The van der Waals surface area contributed by atoms with Gasteiger partial charge in [-0.3, -0.25) is 0 Å². The molecule has 1 aromatic heterocycles. The van der Waals surface area contributed by atoms with Crippen molar-refractivity contribution in [2.75, 3.05) is 0 Å². The summed E-state index contributed by atoms with van der Waals surface area (Å²) in [5.74, 6) is 0. The van der Waals surface area contributed by atoms with Gasteiger partial charge in [-0.1, -0.05) is 0 Å². The van der Waals surface area contributed by atoms with Gasteiger partial charge in [-0.05, 0) is 34.1 Å². The molecular formula is C4H4INOS. The van der Waals surface area contributed by atoms with Crippen molar-refractivity contribution in [1.29, 1.82) is 0 Å². The summed E-state index contributed by atoms with van der Waals surface area (Å²) in [6.45, 7) is 0.114. The van der Waals surface area contributed by atoms with Crippen molar-refractivity contribution in [3.05, 3.63) is 14.6 Å². The summed E-state index contributed by atoms with van der Waals surface area (Å²) in [6.07, 6.45) is 1.75. The monoisotopic (exact) mass is 241 g/mol. The topological polar surface area (TPSA) is 33.1 Å². The minimum atomic E-state index is 0.114. The van der Waals surface area contributed by atoms with Gasteiger partial charge >= 0.3 is 0 Å². The van der Waals surface area contributed by atoms with Gasteiger partial charge in [-0.15, -0.1) is 0 Å². The first kappa shape index (κ1) is 6.44. The van der Waals surface area contributed by atoms with E-state index in [1.165, 1.54) is 11.5 Å². The van der Waals surface area contributed by atoms with Crippen LogP contribution in [0.2, 0.25) is 0 Å².